The number of benzene rings is 3. The predicted octanol–water partition coefficient (Wildman–Crippen LogP) is 4.23. The molecule has 0 spiro atoms. The molecular formula is C28H23ClN2O4S. The van der Waals surface area contributed by atoms with Crippen LogP contribution in [0, 0.1) is 0 Å². The Hall–Kier alpha value is -3.52. The van der Waals surface area contributed by atoms with Crippen LogP contribution in [0.4, 0.5) is 0 Å². The van der Waals surface area contributed by atoms with Gasteiger partial charge in [-0.2, -0.15) is 0 Å². The van der Waals surface area contributed by atoms with Crippen LogP contribution < -0.4 is 14.9 Å². The summed E-state index contributed by atoms with van der Waals surface area (Å²) in [5.74, 6) is -0.554. The van der Waals surface area contributed by atoms with Crippen molar-refractivity contribution >= 4 is 45.8 Å². The van der Waals surface area contributed by atoms with Crippen molar-refractivity contribution in [1.82, 2.24) is 4.57 Å². The van der Waals surface area contributed by atoms with Crippen LogP contribution in [0.15, 0.2) is 87.8 Å². The van der Waals surface area contributed by atoms with Gasteiger partial charge in [-0.3, -0.25) is 9.36 Å². The number of hydrogen-bond acceptors (Lipinski definition) is 6. The molecule has 0 N–H and O–H groups in total. The average molecular weight is 519 g/mol. The van der Waals surface area contributed by atoms with Gasteiger partial charge in [0.2, 0.25) is 0 Å². The summed E-state index contributed by atoms with van der Waals surface area (Å²) in [5, 5.41) is 2.58. The zero-order valence-corrected chi connectivity index (χ0v) is 21.3. The summed E-state index contributed by atoms with van der Waals surface area (Å²) in [6, 6.07) is 20.5. The van der Waals surface area contributed by atoms with E-state index in [0.29, 0.717) is 25.6 Å². The van der Waals surface area contributed by atoms with Crippen molar-refractivity contribution in [3.8, 4) is 0 Å². The molecule has 182 valence electrons. The first kappa shape index (κ1) is 24.2. The lowest BCUT2D eigenvalue weighted by Gasteiger charge is -2.25. The van der Waals surface area contributed by atoms with E-state index in [-0.39, 0.29) is 24.3 Å². The van der Waals surface area contributed by atoms with Crippen molar-refractivity contribution in [2.75, 3.05) is 20.3 Å². The number of thiazole rings is 1. The van der Waals surface area contributed by atoms with Gasteiger partial charge in [-0.25, -0.2) is 9.79 Å². The molecule has 4 aromatic rings. The number of fused-ring (bicyclic) bond motifs is 2. The molecule has 1 unspecified atom stereocenters. The Morgan fingerprint density at radius 2 is 1.83 bits per heavy atom. The second-order valence-electron chi connectivity index (χ2n) is 8.30. The third-order valence-electron chi connectivity index (χ3n) is 6.07. The van der Waals surface area contributed by atoms with Crippen molar-refractivity contribution in [1.29, 1.82) is 0 Å². The number of carbonyl (C=O) groups excluding carboxylic acids is 1. The molecule has 0 saturated carbocycles. The Labute approximate surface area is 216 Å². The van der Waals surface area contributed by atoms with Crippen molar-refractivity contribution in [3.05, 3.63) is 114 Å². The van der Waals surface area contributed by atoms with E-state index in [1.54, 1.807) is 17.6 Å². The molecule has 1 atom stereocenters. The van der Waals surface area contributed by atoms with Crippen molar-refractivity contribution < 1.29 is 14.3 Å². The van der Waals surface area contributed by atoms with E-state index in [4.69, 9.17) is 21.1 Å². The molecule has 1 aliphatic rings. The van der Waals surface area contributed by atoms with Gasteiger partial charge in [0.1, 0.15) is 12.6 Å². The molecule has 6 nitrogen and oxygen atoms in total. The van der Waals surface area contributed by atoms with Crippen molar-refractivity contribution in [2.45, 2.75) is 13.0 Å². The third kappa shape index (κ3) is 4.41. The summed E-state index contributed by atoms with van der Waals surface area (Å²) in [6.07, 6.45) is 1.88. The second-order valence-corrected chi connectivity index (χ2v) is 9.72. The minimum absolute atomic E-state index is 0.0901. The minimum atomic E-state index is -0.764. The van der Waals surface area contributed by atoms with Crippen LogP contribution in [0.1, 0.15) is 24.1 Å². The summed E-state index contributed by atoms with van der Waals surface area (Å²) in [6.45, 7) is 2.10. The smallest absolute Gasteiger partial charge is 0.338 e. The topological polar surface area (TPSA) is 69.9 Å². The molecular weight excluding hydrogens is 496 g/mol. The lowest BCUT2D eigenvalue weighted by atomic mass is 9.96. The maximum Gasteiger partial charge on any atom is 0.338 e. The molecule has 2 heterocycles. The van der Waals surface area contributed by atoms with Crippen LogP contribution in [-0.2, 0) is 14.3 Å². The molecule has 0 radical (unpaired) electrons. The maximum atomic E-state index is 13.8. The van der Waals surface area contributed by atoms with Gasteiger partial charge in [0.15, 0.2) is 4.80 Å². The molecule has 0 aliphatic carbocycles. The van der Waals surface area contributed by atoms with Gasteiger partial charge in [0.05, 0.1) is 22.4 Å². The van der Waals surface area contributed by atoms with Gasteiger partial charge in [-0.1, -0.05) is 83.6 Å². The number of hydrogen-bond donors (Lipinski definition) is 0. The molecule has 36 heavy (non-hydrogen) atoms. The van der Waals surface area contributed by atoms with Gasteiger partial charge in [0.25, 0.3) is 5.56 Å². The number of ether oxygens (including phenoxy) is 2. The molecule has 0 bridgehead atoms. The lowest BCUT2D eigenvalue weighted by molar-refractivity contribution is -0.140. The number of methoxy groups -OCH3 is 1. The average Bonchev–Trinajstić information content (AvgIpc) is 3.18. The van der Waals surface area contributed by atoms with E-state index in [0.717, 1.165) is 16.3 Å². The minimum Gasteiger partial charge on any atom is -0.460 e. The van der Waals surface area contributed by atoms with Gasteiger partial charge in [-0.05, 0) is 41.0 Å². The summed E-state index contributed by atoms with van der Waals surface area (Å²) >= 11 is 7.87. The Morgan fingerprint density at radius 1 is 1.08 bits per heavy atom. The Balaban J connectivity index is 1.71. The Bertz CT molecular complexity index is 1680. The lowest BCUT2D eigenvalue weighted by Crippen LogP contribution is -2.40. The molecule has 0 amide bonds. The molecule has 8 heteroatoms. The molecule has 0 fully saturated rings. The summed E-state index contributed by atoms with van der Waals surface area (Å²) in [5.41, 5.74) is 2.09. The number of esters is 1. The molecule has 1 aromatic heterocycles. The summed E-state index contributed by atoms with van der Waals surface area (Å²) in [7, 11) is 1.53. The molecule has 1 aliphatic heterocycles. The van der Waals surface area contributed by atoms with E-state index in [9.17, 15) is 9.59 Å². The number of nitrogens with zero attached hydrogens (tertiary/aromatic N) is 2. The van der Waals surface area contributed by atoms with Crippen LogP contribution in [0.5, 0.6) is 0 Å². The number of carbonyl (C=O) groups is 1. The molecule has 5 rings (SSSR count). The van der Waals surface area contributed by atoms with E-state index >= 15 is 0 Å². The number of aromatic nitrogens is 1. The first-order valence-corrected chi connectivity index (χ1v) is 12.6. The number of halogens is 1. The van der Waals surface area contributed by atoms with Gasteiger partial charge in [-0.15, -0.1) is 0 Å². The quantitative estimate of drug-likeness (QED) is 0.283. The summed E-state index contributed by atoms with van der Waals surface area (Å²) in [4.78, 5) is 32.1. The van der Waals surface area contributed by atoms with Crippen LogP contribution >= 0.6 is 22.9 Å². The van der Waals surface area contributed by atoms with Crippen LogP contribution in [0.2, 0.25) is 5.02 Å². The Morgan fingerprint density at radius 3 is 2.64 bits per heavy atom. The van der Waals surface area contributed by atoms with Crippen molar-refractivity contribution in [2.24, 2.45) is 4.99 Å². The monoisotopic (exact) mass is 518 g/mol. The van der Waals surface area contributed by atoms with E-state index in [1.165, 1.54) is 18.4 Å². The first-order chi connectivity index (χ1) is 17.5. The fourth-order valence-electron chi connectivity index (χ4n) is 4.39. The molecule has 3 aromatic carbocycles. The first-order valence-electron chi connectivity index (χ1n) is 11.4. The van der Waals surface area contributed by atoms with Gasteiger partial charge >= 0.3 is 5.97 Å². The zero-order valence-electron chi connectivity index (χ0n) is 19.7. The van der Waals surface area contributed by atoms with E-state index in [2.05, 4.69) is 4.99 Å². The second kappa shape index (κ2) is 10.2. The van der Waals surface area contributed by atoms with Crippen molar-refractivity contribution in [3.63, 3.8) is 0 Å². The number of rotatable bonds is 6. The van der Waals surface area contributed by atoms with Crippen LogP contribution in [0.3, 0.4) is 0 Å². The molecule has 0 saturated heterocycles. The van der Waals surface area contributed by atoms with Gasteiger partial charge in [0, 0.05) is 12.1 Å². The largest absolute Gasteiger partial charge is 0.460 e. The maximum absolute atomic E-state index is 13.8. The van der Waals surface area contributed by atoms with Gasteiger partial charge < -0.3 is 9.47 Å². The number of allylic oxidation sites excluding steroid dienone is 1. The highest BCUT2D eigenvalue weighted by atomic mass is 35.5. The summed E-state index contributed by atoms with van der Waals surface area (Å²) < 4.78 is 12.5. The van der Waals surface area contributed by atoms with Crippen LogP contribution in [0.25, 0.3) is 16.8 Å². The zero-order chi connectivity index (χ0) is 25.2. The van der Waals surface area contributed by atoms with Crippen LogP contribution in [-0.4, -0.2) is 30.9 Å². The Kier molecular flexibility index (Phi) is 6.87. The van der Waals surface area contributed by atoms with E-state index < -0.39 is 12.0 Å². The predicted molar refractivity (Wildman–Crippen MR) is 142 cm³/mol. The highest BCUT2D eigenvalue weighted by Gasteiger charge is 2.34. The highest BCUT2D eigenvalue weighted by molar-refractivity contribution is 7.07. The standard InChI is InChI=1S/C28H23ClN2O4S/c1-17-24(27(33)35-15-14-34-2)25(21-12-5-6-13-22(21)29)31-26(32)23(36-28(31)30-17)16-19-10-7-9-18-8-3-4-11-20(18)19/h3-13,16,25H,14-15H2,1-2H3/b23-16-. The SMILES string of the molecule is COCCOC(=O)C1=C(C)N=c2s/c(=C\c3cccc4ccccc34)c(=O)n2C1c1ccccc1Cl. The third-order valence-corrected chi connectivity index (χ3v) is 7.40. The fourth-order valence-corrected chi connectivity index (χ4v) is 5.66. The normalized spacial score (nSPS) is 15.6. The highest BCUT2D eigenvalue weighted by Crippen LogP contribution is 2.34. The van der Waals surface area contributed by atoms with E-state index in [1.807, 2.05) is 66.7 Å². The fraction of sp³-hybridized carbons (Fsp3) is 0.179.